The Morgan fingerprint density at radius 3 is 1.96 bits per heavy atom. The highest BCUT2D eigenvalue weighted by Gasteiger charge is 2.26. The number of anilines is 2. The number of fused-ring (bicyclic) bond motifs is 1. The minimum Gasteiger partial charge on any atom is -0.405 e. The van der Waals surface area contributed by atoms with E-state index in [-0.39, 0.29) is 6.98 Å². The molecule has 4 aromatic rings. The maximum absolute atomic E-state index is 3.66. The molecule has 0 radical (unpaired) electrons. The first-order chi connectivity index (χ1) is 11.4. The molecule has 23 heavy (non-hydrogen) atoms. The third-order valence-corrected chi connectivity index (χ3v) is 4.64. The van der Waals surface area contributed by atoms with E-state index in [1.807, 2.05) is 0 Å². The van der Waals surface area contributed by atoms with Crippen LogP contribution in [0, 0.1) is 0 Å². The van der Waals surface area contributed by atoms with Crippen molar-refractivity contribution in [1.82, 2.24) is 0 Å². The van der Waals surface area contributed by atoms with Gasteiger partial charge in [0.25, 0.3) is 0 Å². The zero-order valence-electron chi connectivity index (χ0n) is 12.6. The lowest BCUT2D eigenvalue weighted by Crippen LogP contribution is -2.48. The molecule has 0 spiro atoms. The smallest absolute Gasteiger partial charge is 0.405 e. The van der Waals surface area contributed by atoms with Gasteiger partial charge < -0.3 is 10.5 Å². The molecule has 1 heterocycles. The molecule has 5 rings (SSSR count). The van der Waals surface area contributed by atoms with Crippen LogP contribution in [0.5, 0.6) is 0 Å². The average molecular weight is 294 g/mol. The van der Waals surface area contributed by atoms with E-state index in [1.165, 1.54) is 38.4 Å². The number of rotatable bonds is 1. The van der Waals surface area contributed by atoms with Crippen LogP contribution in [-0.4, -0.2) is 6.98 Å². The lowest BCUT2D eigenvalue weighted by molar-refractivity contribution is 1.61. The topological polar surface area (TPSA) is 24.1 Å². The van der Waals surface area contributed by atoms with E-state index in [0.29, 0.717) is 0 Å². The fourth-order valence-corrected chi connectivity index (χ4v) is 3.59. The van der Waals surface area contributed by atoms with Gasteiger partial charge in [0.05, 0.1) is 0 Å². The van der Waals surface area contributed by atoms with Crippen molar-refractivity contribution in [3.63, 3.8) is 0 Å². The molecule has 0 saturated carbocycles. The van der Waals surface area contributed by atoms with Gasteiger partial charge in [-0.1, -0.05) is 66.7 Å². The van der Waals surface area contributed by atoms with Crippen molar-refractivity contribution >= 4 is 45.4 Å². The van der Waals surface area contributed by atoms with Crippen LogP contribution < -0.4 is 15.9 Å². The Labute approximate surface area is 135 Å². The van der Waals surface area contributed by atoms with Gasteiger partial charge in [-0.05, 0) is 33.8 Å². The lowest BCUT2D eigenvalue weighted by Gasteiger charge is -2.27. The number of hydrogen-bond donors (Lipinski definition) is 2. The van der Waals surface area contributed by atoms with E-state index in [0.717, 1.165) is 0 Å². The molecule has 0 bridgehead atoms. The molecule has 0 saturated heterocycles. The van der Waals surface area contributed by atoms with Crippen LogP contribution in [0.4, 0.5) is 11.4 Å². The predicted molar refractivity (Wildman–Crippen MR) is 101 cm³/mol. The van der Waals surface area contributed by atoms with E-state index in [1.54, 1.807) is 0 Å². The first-order valence-corrected chi connectivity index (χ1v) is 7.93. The van der Waals surface area contributed by atoms with Gasteiger partial charge in [-0.15, -0.1) is 0 Å². The van der Waals surface area contributed by atoms with Crippen molar-refractivity contribution < 1.29 is 0 Å². The van der Waals surface area contributed by atoms with Crippen molar-refractivity contribution in [2.45, 2.75) is 0 Å². The summed E-state index contributed by atoms with van der Waals surface area (Å²) in [6, 6.07) is 27.9. The molecular weight excluding hydrogens is 279 g/mol. The third kappa shape index (κ3) is 1.90. The third-order valence-electron chi connectivity index (χ3n) is 4.64. The normalized spacial score (nSPS) is 13.0. The molecule has 3 heteroatoms. The summed E-state index contributed by atoms with van der Waals surface area (Å²) in [4.78, 5) is 0. The van der Waals surface area contributed by atoms with Gasteiger partial charge in [-0.2, -0.15) is 0 Å². The summed E-state index contributed by atoms with van der Waals surface area (Å²) < 4.78 is 0. The first-order valence-electron chi connectivity index (χ1n) is 7.93. The van der Waals surface area contributed by atoms with Crippen LogP contribution >= 0.6 is 0 Å². The van der Waals surface area contributed by atoms with E-state index < -0.39 is 0 Å². The van der Waals surface area contributed by atoms with Crippen LogP contribution in [0.1, 0.15) is 0 Å². The van der Waals surface area contributed by atoms with E-state index >= 15 is 0 Å². The largest absolute Gasteiger partial charge is 0.406 e. The van der Waals surface area contributed by atoms with Crippen molar-refractivity contribution in [2.75, 3.05) is 10.5 Å². The number of nitrogens with one attached hydrogen (secondary N) is 2. The molecule has 4 aromatic carbocycles. The standard InChI is InChI=1S/C20H15BN2/c1-2-10-16-14(6-1)7-3-11-17(16)21-22-18-12-4-8-15-9-5-13-19(23-21)20(15)18/h1-13,22-23H. The Morgan fingerprint density at radius 2 is 1.17 bits per heavy atom. The van der Waals surface area contributed by atoms with Crippen LogP contribution in [0.3, 0.4) is 0 Å². The number of hydrogen-bond acceptors (Lipinski definition) is 2. The van der Waals surface area contributed by atoms with Crippen LogP contribution in [0.2, 0.25) is 0 Å². The molecule has 0 fully saturated rings. The minimum absolute atomic E-state index is 0.0709. The second-order valence-electron chi connectivity index (χ2n) is 6.00. The van der Waals surface area contributed by atoms with Crippen molar-refractivity contribution in [1.29, 1.82) is 0 Å². The molecule has 0 amide bonds. The Bertz CT molecular complexity index is 996. The van der Waals surface area contributed by atoms with Crippen molar-refractivity contribution in [2.24, 2.45) is 0 Å². The maximum Gasteiger partial charge on any atom is 0.406 e. The van der Waals surface area contributed by atoms with Crippen LogP contribution in [0.25, 0.3) is 21.5 Å². The Balaban J connectivity index is 1.69. The van der Waals surface area contributed by atoms with Gasteiger partial charge in [0.1, 0.15) is 0 Å². The second kappa shape index (κ2) is 4.78. The van der Waals surface area contributed by atoms with Gasteiger partial charge in [0.2, 0.25) is 0 Å². The highest BCUT2D eigenvalue weighted by molar-refractivity contribution is 6.82. The highest BCUT2D eigenvalue weighted by Crippen LogP contribution is 2.34. The average Bonchev–Trinajstić information content (AvgIpc) is 2.61. The monoisotopic (exact) mass is 294 g/mol. The zero-order chi connectivity index (χ0) is 15.2. The molecule has 1 aliphatic rings. The van der Waals surface area contributed by atoms with E-state index in [2.05, 4.69) is 89.3 Å². The summed E-state index contributed by atoms with van der Waals surface area (Å²) in [5.41, 5.74) is 3.65. The summed E-state index contributed by atoms with van der Waals surface area (Å²) in [5, 5.41) is 12.4. The fraction of sp³-hybridized carbons (Fsp3) is 0. The highest BCUT2D eigenvalue weighted by atomic mass is 15.0. The zero-order valence-corrected chi connectivity index (χ0v) is 12.6. The van der Waals surface area contributed by atoms with Gasteiger partial charge in [-0.25, -0.2) is 0 Å². The molecule has 0 unspecified atom stereocenters. The quantitative estimate of drug-likeness (QED) is 0.513. The summed E-state index contributed by atoms with van der Waals surface area (Å²) in [7, 11) is 0. The van der Waals surface area contributed by atoms with Crippen LogP contribution in [-0.2, 0) is 0 Å². The molecule has 0 atom stereocenters. The molecule has 0 aromatic heterocycles. The van der Waals surface area contributed by atoms with Gasteiger partial charge >= 0.3 is 6.98 Å². The van der Waals surface area contributed by atoms with Gasteiger partial charge in [0, 0.05) is 16.8 Å². The molecule has 1 aliphatic heterocycles. The SMILES string of the molecule is c1ccc2c(B3Nc4cccc5cccc(c45)N3)cccc2c1. The molecular formula is C20H15BN2. The van der Waals surface area contributed by atoms with Crippen molar-refractivity contribution in [3.05, 3.63) is 78.9 Å². The molecule has 2 nitrogen and oxygen atoms in total. The fourth-order valence-electron chi connectivity index (χ4n) is 3.59. The summed E-state index contributed by atoms with van der Waals surface area (Å²) in [5.74, 6) is 0. The number of benzene rings is 4. The lowest BCUT2D eigenvalue weighted by atomic mass is 9.64. The Morgan fingerprint density at radius 1 is 0.565 bits per heavy atom. The van der Waals surface area contributed by atoms with E-state index in [9.17, 15) is 0 Å². The van der Waals surface area contributed by atoms with E-state index in [4.69, 9.17) is 0 Å². The molecule has 0 aliphatic carbocycles. The van der Waals surface area contributed by atoms with Crippen molar-refractivity contribution in [3.8, 4) is 0 Å². The Hall–Kier alpha value is -2.94. The molecule has 108 valence electrons. The van der Waals surface area contributed by atoms with Gasteiger partial charge in [0.15, 0.2) is 0 Å². The summed E-state index contributed by atoms with van der Waals surface area (Å²) >= 11 is 0. The summed E-state index contributed by atoms with van der Waals surface area (Å²) in [6.07, 6.45) is 0. The first kappa shape index (κ1) is 12.6. The Kier molecular flexibility index (Phi) is 2.62. The predicted octanol–water partition coefficient (Wildman–Crippen LogP) is 4.23. The molecule has 2 N–H and O–H groups in total. The van der Waals surface area contributed by atoms with Gasteiger partial charge in [-0.3, -0.25) is 0 Å². The van der Waals surface area contributed by atoms with Crippen LogP contribution in [0.15, 0.2) is 78.9 Å². The second-order valence-corrected chi connectivity index (χ2v) is 6.00. The summed E-state index contributed by atoms with van der Waals surface area (Å²) in [6.45, 7) is 0.0709. The maximum atomic E-state index is 3.66. The minimum atomic E-state index is 0.0709.